The van der Waals surface area contributed by atoms with Gasteiger partial charge >= 0.3 is 5.97 Å². The monoisotopic (exact) mass is 311 g/mol. The van der Waals surface area contributed by atoms with Crippen LogP contribution in [-0.2, 0) is 11.3 Å². The summed E-state index contributed by atoms with van der Waals surface area (Å²) in [6.07, 6.45) is 0. The topological polar surface area (TPSA) is 76.2 Å². The molecule has 3 aromatic rings. The number of hydrogen-bond donors (Lipinski definition) is 2. The van der Waals surface area contributed by atoms with Crippen LogP contribution in [0, 0.1) is 0 Å². The molecule has 23 heavy (non-hydrogen) atoms. The number of aromatic amines is 1. The van der Waals surface area contributed by atoms with Crippen LogP contribution in [0.5, 0.6) is 5.75 Å². The lowest BCUT2D eigenvalue weighted by molar-refractivity contribution is 0.0600. The maximum Gasteiger partial charge on any atom is 0.337 e. The summed E-state index contributed by atoms with van der Waals surface area (Å²) in [5.74, 6) is 1.13. The third-order valence-electron chi connectivity index (χ3n) is 3.52. The molecular weight excluding hydrogens is 294 g/mol. The lowest BCUT2D eigenvalue weighted by atomic mass is 10.1. The molecular formula is C17H17N3O3. The summed E-state index contributed by atoms with van der Waals surface area (Å²) in [6.45, 7) is 0.596. The van der Waals surface area contributed by atoms with Crippen molar-refractivity contribution in [3.8, 4) is 5.75 Å². The number of esters is 1. The average Bonchev–Trinajstić information content (AvgIpc) is 3.01. The molecule has 2 aromatic carbocycles. The van der Waals surface area contributed by atoms with Gasteiger partial charge in [0.1, 0.15) is 5.75 Å². The van der Waals surface area contributed by atoms with Crippen LogP contribution in [0.3, 0.4) is 0 Å². The molecule has 118 valence electrons. The van der Waals surface area contributed by atoms with Crippen molar-refractivity contribution in [2.24, 2.45) is 0 Å². The number of nitrogens with zero attached hydrogens (tertiary/aromatic N) is 1. The molecule has 0 atom stereocenters. The molecule has 0 aliphatic heterocycles. The van der Waals surface area contributed by atoms with E-state index in [1.807, 2.05) is 30.3 Å². The number of H-pyrrole nitrogens is 1. The number of ether oxygens (including phenoxy) is 2. The minimum absolute atomic E-state index is 0.337. The molecule has 0 amide bonds. The van der Waals surface area contributed by atoms with E-state index in [4.69, 9.17) is 4.74 Å². The van der Waals surface area contributed by atoms with Gasteiger partial charge in [-0.05, 0) is 29.8 Å². The van der Waals surface area contributed by atoms with Crippen molar-refractivity contribution in [1.82, 2.24) is 9.97 Å². The zero-order valence-corrected chi connectivity index (χ0v) is 12.9. The molecule has 0 saturated carbocycles. The molecule has 0 aliphatic carbocycles. The highest BCUT2D eigenvalue weighted by atomic mass is 16.5. The van der Waals surface area contributed by atoms with E-state index in [9.17, 15) is 4.79 Å². The Hall–Kier alpha value is -3.02. The van der Waals surface area contributed by atoms with Gasteiger partial charge in [-0.3, -0.25) is 0 Å². The molecule has 2 N–H and O–H groups in total. The Morgan fingerprint density at radius 1 is 1.17 bits per heavy atom. The Morgan fingerprint density at radius 2 is 1.96 bits per heavy atom. The number of nitrogens with one attached hydrogen (secondary N) is 2. The maximum absolute atomic E-state index is 11.4. The van der Waals surface area contributed by atoms with Crippen LogP contribution in [0.1, 0.15) is 15.9 Å². The summed E-state index contributed by atoms with van der Waals surface area (Å²) in [4.78, 5) is 19.1. The summed E-state index contributed by atoms with van der Waals surface area (Å²) in [5.41, 5.74) is 3.35. The van der Waals surface area contributed by atoms with Crippen LogP contribution in [0.2, 0.25) is 0 Å². The molecule has 0 bridgehead atoms. The molecule has 6 heteroatoms. The fourth-order valence-electron chi connectivity index (χ4n) is 2.26. The molecule has 0 spiro atoms. The first-order chi connectivity index (χ1) is 11.2. The molecule has 0 unspecified atom stereocenters. The lowest BCUT2D eigenvalue weighted by Crippen LogP contribution is -2.03. The highest BCUT2D eigenvalue weighted by molar-refractivity contribution is 5.89. The number of rotatable bonds is 5. The number of carbonyl (C=O) groups excluding carboxylic acids is 1. The number of benzene rings is 2. The molecule has 1 heterocycles. The van der Waals surface area contributed by atoms with E-state index in [2.05, 4.69) is 20.0 Å². The molecule has 0 saturated heterocycles. The van der Waals surface area contributed by atoms with E-state index in [1.54, 1.807) is 19.2 Å². The molecule has 0 radical (unpaired) electrons. The number of methoxy groups -OCH3 is 2. The van der Waals surface area contributed by atoms with Crippen molar-refractivity contribution in [2.75, 3.05) is 19.5 Å². The number of hydrogen-bond acceptors (Lipinski definition) is 5. The van der Waals surface area contributed by atoms with Crippen LogP contribution >= 0.6 is 0 Å². The smallest absolute Gasteiger partial charge is 0.337 e. The highest BCUT2D eigenvalue weighted by Gasteiger charge is 2.06. The van der Waals surface area contributed by atoms with Crippen LogP contribution in [-0.4, -0.2) is 30.2 Å². The van der Waals surface area contributed by atoms with E-state index < -0.39 is 0 Å². The van der Waals surface area contributed by atoms with Crippen molar-refractivity contribution < 1.29 is 14.3 Å². The van der Waals surface area contributed by atoms with Gasteiger partial charge in [-0.1, -0.05) is 12.1 Å². The van der Waals surface area contributed by atoms with Crippen LogP contribution in [0.25, 0.3) is 11.0 Å². The Balaban J connectivity index is 1.69. The first kappa shape index (κ1) is 14.9. The van der Waals surface area contributed by atoms with Crippen LogP contribution in [0.4, 0.5) is 5.95 Å². The van der Waals surface area contributed by atoms with Crippen molar-refractivity contribution in [2.45, 2.75) is 6.54 Å². The Kier molecular flexibility index (Phi) is 4.14. The fraction of sp³-hybridized carbons (Fsp3) is 0.176. The minimum Gasteiger partial charge on any atom is -0.497 e. The standard InChI is InChI=1S/C17H17N3O3/c1-22-13-7-8-14-15(9-13)20-17(19-14)18-10-11-3-5-12(6-4-11)16(21)23-2/h3-9H,10H2,1-2H3,(H2,18,19,20). The van der Waals surface area contributed by atoms with Gasteiger partial charge < -0.3 is 19.8 Å². The maximum atomic E-state index is 11.4. The summed E-state index contributed by atoms with van der Waals surface area (Å²) < 4.78 is 9.87. The van der Waals surface area contributed by atoms with Gasteiger partial charge in [-0.25, -0.2) is 9.78 Å². The quantitative estimate of drug-likeness (QED) is 0.708. The van der Waals surface area contributed by atoms with Crippen molar-refractivity contribution in [1.29, 1.82) is 0 Å². The minimum atomic E-state index is -0.337. The van der Waals surface area contributed by atoms with Gasteiger partial charge in [0, 0.05) is 12.6 Å². The van der Waals surface area contributed by atoms with Gasteiger partial charge in [0.2, 0.25) is 5.95 Å². The van der Waals surface area contributed by atoms with Crippen LogP contribution < -0.4 is 10.1 Å². The number of aromatic nitrogens is 2. The van der Waals surface area contributed by atoms with Gasteiger partial charge in [0.15, 0.2) is 0 Å². The number of fused-ring (bicyclic) bond motifs is 1. The molecule has 0 fully saturated rings. The van der Waals surface area contributed by atoms with E-state index >= 15 is 0 Å². The molecule has 1 aromatic heterocycles. The predicted octanol–water partition coefficient (Wildman–Crippen LogP) is 2.97. The first-order valence-corrected chi connectivity index (χ1v) is 7.14. The van der Waals surface area contributed by atoms with E-state index in [0.29, 0.717) is 18.1 Å². The Labute approximate surface area is 133 Å². The second-order valence-electron chi connectivity index (χ2n) is 5.01. The summed E-state index contributed by atoms with van der Waals surface area (Å²) >= 11 is 0. The van der Waals surface area contributed by atoms with Crippen molar-refractivity contribution in [3.05, 3.63) is 53.6 Å². The van der Waals surface area contributed by atoms with Crippen molar-refractivity contribution in [3.63, 3.8) is 0 Å². The first-order valence-electron chi connectivity index (χ1n) is 7.14. The van der Waals surface area contributed by atoms with Gasteiger partial charge in [0.25, 0.3) is 0 Å². The third kappa shape index (κ3) is 3.26. The third-order valence-corrected chi connectivity index (χ3v) is 3.52. The van der Waals surface area contributed by atoms with E-state index in [0.717, 1.165) is 22.3 Å². The Morgan fingerprint density at radius 3 is 2.65 bits per heavy atom. The zero-order valence-electron chi connectivity index (χ0n) is 12.9. The summed E-state index contributed by atoms with van der Waals surface area (Å²) in [7, 11) is 3.00. The molecule has 6 nitrogen and oxygen atoms in total. The number of imidazole rings is 1. The zero-order chi connectivity index (χ0) is 16.2. The van der Waals surface area contributed by atoms with Crippen LogP contribution in [0.15, 0.2) is 42.5 Å². The van der Waals surface area contributed by atoms with Gasteiger partial charge in [-0.2, -0.15) is 0 Å². The van der Waals surface area contributed by atoms with Gasteiger partial charge in [-0.15, -0.1) is 0 Å². The summed E-state index contributed by atoms with van der Waals surface area (Å²) in [5, 5.41) is 3.23. The van der Waals surface area contributed by atoms with E-state index in [1.165, 1.54) is 7.11 Å². The van der Waals surface area contributed by atoms with E-state index in [-0.39, 0.29) is 5.97 Å². The molecule has 3 rings (SSSR count). The van der Waals surface area contributed by atoms with Crippen molar-refractivity contribution >= 4 is 23.0 Å². The number of anilines is 1. The Bertz CT molecular complexity index is 825. The lowest BCUT2D eigenvalue weighted by Gasteiger charge is -2.04. The predicted molar refractivity (Wildman–Crippen MR) is 87.8 cm³/mol. The average molecular weight is 311 g/mol. The second kappa shape index (κ2) is 6.39. The largest absolute Gasteiger partial charge is 0.497 e. The van der Waals surface area contributed by atoms with Gasteiger partial charge in [0.05, 0.1) is 30.8 Å². The number of carbonyl (C=O) groups is 1. The normalized spacial score (nSPS) is 10.5. The fourth-order valence-corrected chi connectivity index (χ4v) is 2.26. The second-order valence-corrected chi connectivity index (χ2v) is 5.01. The molecule has 0 aliphatic rings. The SMILES string of the molecule is COC(=O)c1ccc(CNc2nc3ccc(OC)cc3[nH]2)cc1. The summed E-state index contributed by atoms with van der Waals surface area (Å²) in [6, 6.07) is 12.9. The highest BCUT2D eigenvalue weighted by Crippen LogP contribution is 2.20.